The molecule has 0 aromatic heterocycles. The van der Waals surface area contributed by atoms with E-state index in [-0.39, 0.29) is 5.57 Å². The number of aliphatic hydroxyl groups is 2. The van der Waals surface area contributed by atoms with Crippen LogP contribution in [0.5, 0.6) is 0 Å². The zero-order valence-corrected chi connectivity index (χ0v) is 22.9. The van der Waals surface area contributed by atoms with Crippen molar-refractivity contribution < 1.29 is 69.4 Å². The second kappa shape index (κ2) is 9.51. The van der Waals surface area contributed by atoms with Gasteiger partial charge in [0.25, 0.3) is 0 Å². The number of halogens is 7. The fourth-order valence-electron chi connectivity index (χ4n) is 5.00. The zero-order chi connectivity index (χ0) is 30.9. The van der Waals surface area contributed by atoms with Crippen molar-refractivity contribution in [2.24, 2.45) is 5.92 Å². The molecule has 15 heteroatoms. The van der Waals surface area contributed by atoms with Gasteiger partial charge in [-0.3, -0.25) is 0 Å². The Morgan fingerprint density at radius 2 is 1.31 bits per heavy atom. The molecule has 0 amide bonds. The first-order valence-corrected chi connectivity index (χ1v) is 11.8. The van der Waals surface area contributed by atoms with E-state index in [1.54, 1.807) is 0 Å². The molecular formula is C24H35F7O8. The minimum atomic E-state index is -5.90. The van der Waals surface area contributed by atoms with Crippen molar-refractivity contribution in [3.05, 3.63) is 12.2 Å². The third kappa shape index (κ3) is 5.30. The van der Waals surface area contributed by atoms with Crippen LogP contribution in [-0.4, -0.2) is 88.0 Å². The molecule has 5 unspecified atom stereocenters. The third-order valence-electron chi connectivity index (χ3n) is 7.29. The van der Waals surface area contributed by atoms with Gasteiger partial charge in [-0.2, -0.15) is 30.7 Å². The van der Waals surface area contributed by atoms with Gasteiger partial charge in [-0.25, -0.2) is 4.79 Å². The van der Waals surface area contributed by atoms with Crippen LogP contribution in [0.3, 0.4) is 0 Å². The molecular weight excluding hydrogens is 549 g/mol. The van der Waals surface area contributed by atoms with Gasteiger partial charge in [0.15, 0.2) is 11.2 Å². The third-order valence-corrected chi connectivity index (χ3v) is 7.29. The molecule has 39 heavy (non-hydrogen) atoms. The van der Waals surface area contributed by atoms with E-state index >= 15 is 17.6 Å². The van der Waals surface area contributed by atoms with E-state index in [0.717, 1.165) is 27.7 Å². The number of carbonyl (C=O) groups is 1. The van der Waals surface area contributed by atoms with Crippen molar-refractivity contribution in [2.75, 3.05) is 19.8 Å². The van der Waals surface area contributed by atoms with Gasteiger partial charge in [0.2, 0.25) is 5.79 Å². The van der Waals surface area contributed by atoms with Gasteiger partial charge < -0.3 is 33.9 Å². The summed E-state index contributed by atoms with van der Waals surface area (Å²) in [5.41, 5.74) is -9.55. The number of hydrogen-bond donors (Lipinski definition) is 2. The number of esters is 1. The summed E-state index contributed by atoms with van der Waals surface area (Å²) in [7, 11) is 0. The van der Waals surface area contributed by atoms with Gasteiger partial charge >= 0.3 is 29.8 Å². The summed E-state index contributed by atoms with van der Waals surface area (Å²) in [6.45, 7) is 8.79. The molecule has 5 atom stereocenters. The van der Waals surface area contributed by atoms with E-state index < -0.39 is 83.7 Å². The van der Waals surface area contributed by atoms with Crippen molar-refractivity contribution in [3.8, 4) is 0 Å². The Bertz CT molecular complexity index is 980. The molecule has 2 fully saturated rings. The van der Waals surface area contributed by atoms with E-state index in [4.69, 9.17) is 18.9 Å². The Hall–Kier alpha value is -1.52. The van der Waals surface area contributed by atoms with Gasteiger partial charge in [0.05, 0.1) is 36.9 Å². The number of hydrogen-bond acceptors (Lipinski definition) is 8. The highest BCUT2D eigenvalue weighted by atomic mass is 19.4. The molecule has 2 N–H and O–H groups in total. The van der Waals surface area contributed by atoms with Crippen molar-refractivity contribution in [1.29, 1.82) is 0 Å². The molecule has 8 nitrogen and oxygen atoms in total. The largest absolute Gasteiger partial charge is 0.462 e. The molecule has 2 saturated heterocycles. The first-order valence-electron chi connectivity index (χ1n) is 11.8. The van der Waals surface area contributed by atoms with Crippen LogP contribution in [0, 0.1) is 5.92 Å². The van der Waals surface area contributed by atoms with E-state index in [2.05, 4.69) is 11.3 Å². The highest BCUT2D eigenvalue weighted by Crippen LogP contribution is 2.57. The lowest BCUT2D eigenvalue weighted by atomic mass is 9.77. The summed E-state index contributed by atoms with van der Waals surface area (Å²) in [4.78, 5) is 12.1. The maximum atomic E-state index is 15.1. The van der Waals surface area contributed by atoms with Crippen LogP contribution in [0.25, 0.3) is 0 Å². The number of rotatable bonds is 9. The lowest BCUT2D eigenvalue weighted by Crippen LogP contribution is -2.66. The summed E-state index contributed by atoms with van der Waals surface area (Å²) in [6.07, 6.45) is -5.90. The van der Waals surface area contributed by atoms with E-state index in [0.29, 0.717) is 6.92 Å². The summed E-state index contributed by atoms with van der Waals surface area (Å²) in [5, 5.41) is 19.8. The molecule has 0 aromatic carbocycles. The molecule has 0 radical (unpaired) electrons. The maximum Gasteiger partial charge on any atom is 0.449 e. The lowest BCUT2D eigenvalue weighted by molar-refractivity contribution is -0.413. The first-order chi connectivity index (χ1) is 17.0. The molecule has 2 rings (SSSR count). The van der Waals surface area contributed by atoms with Crippen LogP contribution >= 0.6 is 0 Å². The Kier molecular flexibility index (Phi) is 8.22. The average Bonchev–Trinajstić information content (AvgIpc) is 3.00. The molecule has 0 aromatic rings. The second-order valence-electron chi connectivity index (χ2n) is 11.7. The molecule has 0 spiro atoms. The number of alkyl halides is 7. The predicted octanol–water partition coefficient (Wildman–Crippen LogP) is 4.12. The van der Waals surface area contributed by atoms with E-state index in [1.165, 1.54) is 20.8 Å². The van der Waals surface area contributed by atoms with E-state index in [1.807, 2.05) is 0 Å². The smallest absolute Gasteiger partial charge is 0.449 e. The minimum absolute atomic E-state index is 0.0668. The Morgan fingerprint density at radius 3 is 1.64 bits per heavy atom. The van der Waals surface area contributed by atoms with Gasteiger partial charge in [-0.05, 0) is 55.4 Å². The topological polar surface area (TPSA) is 104 Å². The summed E-state index contributed by atoms with van der Waals surface area (Å²) in [5.74, 6) is -19.2. The molecule has 0 saturated carbocycles. The molecule has 228 valence electrons. The molecule has 2 aliphatic rings. The molecule has 2 heterocycles. The van der Waals surface area contributed by atoms with Crippen LogP contribution in [0.1, 0.15) is 55.4 Å². The first kappa shape index (κ1) is 33.7. The molecule has 2 aliphatic heterocycles. The van der Waals surface area contributed by atoms with Crippen LogP contribution in [0.4, 0.5) is 30.7 Å². The Labute approximate surface area is 221 Å². The summed E-state index contributed by atoms with van der Waals surface area (Å²) < 4.78 is 126. The van der Waals surface area contributed by atoms with E-state index in [9.17, 15) is 28.2 Å². The van der Waals surface area contributed by atoms with Gasteiger partial charge in [-0.15, -0.1) is 0 Å². The van der Waals surface area contributed by atoms with Crippen molar-refractivity contribution in [3.63, 3.8) is 0 Å². The van der Waals surface area contributed by atoms with Gasteiger partial charge in [-0.1, -0.05) is 6.58 Å². The molecule has 0 bridgehead atoms. The normalized spacial score (nSPS) is 35.6. The monoisotopic (exact) mass is 584 g/mol. The number of ether oxygens (including phenoxy) is 5. The average molecular weight is 585 g/mol. The van der Waals surface area contributed by atoms with Crippen molar-refractivity contribution in [1.82, 2.24) is 0 Å². The maximum absolute atomic E-state index is 15.1. The highest BCUT2D eigenvalue weighted by Gasteiger charge is 2.82. The fraction of sp³-hybridized carbons (Fsp3) is 0.875. The second-order valence-corrected chi connectivity index (χ2v) is 11.7. The fourth-order valence-corrected chi connectivity index (χ4v) is 5.00. The van der Waals surface area contributed by atoms with Crippen LogP contribution in [0.2, 0.25) is 0 Å². The van der Waals surface area contributed by atoms with Crippen molar-refractivity contribution >= 4 is 5.97 Å². The van der Waals surface area contributed by atoms with Gasteiger partial charge in [0, 0.05) is 5.57 Å². The standard InChI is InChI=1S/C24H35F7O8/c1-13(2)15(32)35-10-14(16(3,4)38-18(7)11-36-20(9,33)21(18,25)26)17(5,6)39-19(8)12-37-23(34,22(19,27)28)24(29,30)31/h14,33-34H,1,10-12H2,2-9H3. The Morgan fingerprint density at radius 1 is 0.897 bits per heavy atom. The number of carbonyl (C=O) groups excluding carboxylic acids is 1. The zero-order valence-electron chi connectivity index (χ0n) is 22.9. The highest BCUT2D eigenvalue weighted by molar-refractivity contribution is 5.86. The summed E-state index contributed by atoms with van der Waals surface area (Å²) >= 11 is 0. The molecule has 0 aliphatic carbocycles. The van der Waals surface area contributed by atoms with Crippen LogP contribution < -0.4 is 0 Å². The Balaban J connectivity index is 2.52. The van der Waals surface area contributed by atoms with Gasteiger partial charge in [0.1, 0.15) is 0 Å². The van der Waals surface area contributed by atoms with Crippen LogP contribution in [-0.2, 0) is 28.5 Å². The quantitative estimate of drug-likeness (QED) is 0.237. The lowest BCUT2D eigenvalue weighted by Gasteiger charge is -2.50. The predicted molar refractivity (Wildman–Crippen MR) is 120 cm³/mol. The van der Waals surface area contributed by atoms with Crippen LogP contribution in [0.15, 0.2) is 12.2 Å². The SMILES string of the molecule is C=C(C)C(=O)OCC(C(C)(C)OC1(C)COC(C)(O)C1(F)F)C(C)(C)OC1(C)COC(O)(C(F)(F)F)C1(F)F. The summed E-state index contributed by atoms with van der Waals surface area (Å²) in [6, 6.07) is 0. The minimum Gasteiger partial charge on any atom is -0.462 e. The van der Waals surface area contributed by atoms with Crippen molar-refractivity contribution in [2.45, 2.75) is 107 Å².